The van der Waals surface area contributed by atoms with Crippen molar-refractivity contribution in [1.82, 2.24) is 4.90 Å². The van der Waals surface area contributed by atoms with E-state index >= 15 is 0 Å². The second-order valence-electron chi connectivity index (χ2n) is 12.9. The topological polar surface area (TPSA) is 3.24 Å². The van der Waals surface area contributed by atoms with Gasteiger partial charge in [-0.2, -0.15) is 0 Å². The van der Waals surface area contributed by atoms with Gasteiger partial charge in [-0.25, -0.2) is 0 Å². The summed E-state index contributed by atoms with van der Waals surface area (Å²) in [6, 6.07) is 0. The summed E-state index contributed by atoms with van der Waals surface area (Å²) in [6.45, 7) is 28.7. The third-order valence-corrected chi connectivity index (χ3v) is 7.64. The molecule has 0 aromatic rings. The molecule has 1 heteroatoms. The lowest BCUT2D eigenvalue weighted by atomic mass is 9.98. The van der Waals surface area contributed by atoms with E-state index in [0.717, 1.165) is 23.7 Å². The predicted octanol–water partition coefficient (Wildman–Crippen LogP) is 13.4. The van der Waals surface area contributed by atoms with Gasteiger partial charge in [0.2, 0.25) is 0 Å². The molecule has 0 heterocycles. The number of hydrogen-bond donors (Lipinski definition) is 0. The van der Waals surface area contributed by atoms with Gasteiger partial charge in [-0.1, -0.05) is 179 Å². The lowest BCUT2D eigenvalue weighted by molar-refractivity contribution is 0.197. The smallest absolute Gasteiger partial charge is 0.000713 e. The van der Waals surface area contributed by atoms with Gasteiger partial charge in [0, 0.05) is 13.1 Å². The van der Waals surface area contributed by atoms with Crippen LogP contribution < -0.4 is 0 Å². The summed E-state index contributed by atoms with van der Waals surface area (Å²) < 4.78 is 0. The van der Waals surface area contributed by atoms with E-state index in [1.54, 1.807) is 0 Å². The summed E-state index contributed by atoms with van der Waals surface area (Å²) in [5.74, 6) is 3.49. The van der Waals surface area contributed by atoms with Crippen LogP contribution in [-0.2, 0) is 0 Å². The molecule has 0 aromatic heterocycles. The molecule has 0 aliphatic rings. The van der Waals surface area contributed by atoms with Crippen LogP contribution in [0.4, 0.5) is 0 Å². The average Bonchev–Trinajstić information content (AvgIpc) is 2.88. The van der Waals surface area contributed by atoms with Gasteiger partial charge < -0.3 is 4.90 Å². The minimum Gasteiger partial charge on any atom is -0.303 e. The first-order valence-electron chi connectivity index (χ1n) is 18.1. The number of unbranched alkanes of at least 4 members (excludes halogenated alkanes) is 12. The average molecular weight is 540 g/mol. The number of nitrogens with zero attached hydrogens (tertiary/aromatic N) is 1. The molecule has 0 radical (unpaired) electrons. The molecule has 2 atom stereocenters. The Kier molecular flexibility index (Phi) is 39.1. The van der Waals surface area contributed by atoms with Crippen LogP contribution >= 0.6 is 0 Å². The van der Waals surface area contributed by atoms with E-state index in [9.17, 15) is 0 Å². The molecule has 2 unspecified atom stereocenters. The maximum Gasteiger partial charge on any atom is 0.000713 e. The fourth-order valence-electron chi connectivity index (χ4n) is 5.50. The zero-order valence-corrected chi connectivity index (χ0v) is 29.3. The Morgan fingerprint density at radius 1 is 0.395 bits per heavy atom. The molecule has 234 valence electrons. The largest absolute Gasteiger partial charge is 0.303 e. The summed E-state index contributed by atoms with van der Waals surface area (Å²) in [5.41, 5.74) is 0. The van der Waals surface area contributed by atoms with Crippen molar-refractivity contribution in [3.05, 3.63) is 0 Å². The lowest BCUT2D eigenvalue weighted by Gasteiger charge is -2.28. The Bertz CT molecular complexity index is 354. The van der Waals surface area contributed by atoms with Gasteiger partial charge in [0.1, 0.15) is 0 Å². The highest BCUT2D eigenvalue weighted by Gasteiger charge is 2.13. The minimum absolute atomic E-state index is 0.862. The SMILES string of the molecule is CC.CC.CCCN(CC(C)CCCCCCCCCC(C)C)CC(C)CCCCCCCCCC(C)C. The first-order valence-corrected chi connectivity index (χ1v) is 18.1. The number of hydrogen-bond acceptors (Lipinski definition) is 1. The second-order valence-corrected chi connectivity index (χ2v) is 12.9. The highest BCUT2D eigenvalue weighted by Crippen LogP contribution is 2.18. The maximum atomic E-state index is 2.79. The highest BCUT2D eigenvalue weighted by atomic mass is 15.1. The van der Waals surface area contributed by atoms with Crippen LogP contribution in [0, 0.1) is 23.7 Å². The predicted molar refractivity (Wildman–Crippen MR) is 181 cm³/mol. The Morgan fingerprint density at radius 3 is 0.921 bits per heavy atom. The Hall–Kier alpha value is -0.0400. The van der Waals surface area contributed by atoms with Crippen molar-refractivity contribution in [2.45, 2.75) is 198 Å². The Labute approximate surface area is 246 Å². The van der Waals surface area contributed by atoms with Crippen molar-refractivity contribution < 1.29 is 0 Å². The molecule has 0 N–H and O–H groups in total. The van der Waals surface area contributed by atoms with E-state index in [-0.39, 0.29) is 0 Å². The molecular formula is C37H81N. The summed E-state index contributed by atoms with van der Waals surface area (Å²) >= 11 is 0. The van der Waals surface area contributed by atoms with Crippen LogP contribution in [0.1, 0.15) is 198 Å². The molecular weight excluding hydrogens is 458 g/mol. The van der Waals surface area contributed by atoms with E-state index in [2.05, 4.69) is 53.4 Å². The van der Waals surface area contributed by atoms with Crippen LogP contribution in [0.5, 0.6) is 0 Å². The maximum absolute atomic E-state index is 2.79. The van der Waals surface area contributed by atoms with Crippen molar-refractivity contribution in [2.24, 2.45) is 23.7 Å². The van der Waals surface area contributed by atoms with Gasteiger partial charge >= 0.3 is 0 Å². The lowest BCUT2D eigenvalue weighted by Crippen LogP contribution is -2.33. The number of rotatable bonds is 26. The van der Waals surface area contributed by atoms with Gasteiger partial charge in [-0.3, -0.25) is 0 Å². The molecule has 38 heavy (non-hydrogen) atoms. The molecule has 1 nitrogen and oxygen atoms in total. The fraction of sp³-hybridized carbons (Fsp3) is 1.00. The van der Waals surface area contributed by atoms with Crippen molar-refractivity contribution in [3.63, 3.8) is 0 Å². The second kappa shape index (κ2) is 35.0. The van der Waals surface area contributed by atoms with Crippen LogP contribution in [0.15, 0.2) is 0 Å². The molecule has 0 saturated heterocycles. The van der Waals surface area contributed by atoms with Crippen LogP contribution in [0.25, 0.3) is 0 Å². The normalized spacial score (nSPS) is 12.8. The molecule has 0 aliphatic heterocycles. The molecule has 0 amide bonds. The van der Waals surface area contributed by atoms with E-state index in [0.29, 0.717) is 0 Å². The van der Waals surface area contributed by atoms with Crippen molar-refractivity contribution >= 4 is 0 Å². The molecule has 0 aromatic carbocycles. The van der Waals surface area contributed by atoms with E-state index in [1.807, 2.05) is 27.7 Å². The Morgan fingerprint density at radius 2 is 0.658 bits per heavy atom. The third kappa shape index (κ3) is 36.0. The van der Waals surface area contributed by atoms with Gasteiger partial charge in [-0.15, -0.1) is 0 Å². The summed E-state index contributed by atoms with van der Waals surface area (Å²) in [5, 5.41) is 0. The third-order valence-electron chi connectivity index (χ3n) is 7.64. The van der Waals surface area contributed by atoms with Crippen LogP contribution in [0.2, 0.25) is 0 Å². The van der Waals surface area contributed by atoms with Crippen LogP contribution in [-0.4, -0.2) is 24.5 Å². The first-order chi connectivity index (χ1) is 18.3. The van der Waals surface area contributed by atoms with Crippen LogP contribution in [0.3, 0.4) is 0 Å². The first kappa shape index (κ1) is 42.4. The van der Waals surface area contributed by atoms with E-state index in [4.69, 9.17) is 0 Å². The zero-order valence-electron chi connectivity index (χ0n) is 29.3. The molecule has 0 saturated carbocycles. The molecule has 0 rings (SSSR count). The zero-order chi connectivity index (χ0) is 29.4. The summed E-state index contributed by atoms with van der Waals surface area (Å²) in [7, 11) is 0. The van der Waals surface area contributed by atoms with Crippen molar-refractivity contribution in [3.8, 4) is 0 Å². The van der Waals surface area contributed by atoms with Crippen molar-refractivity contribution in [1.29, 1.82) is 0 Å². The summed E-state index contributed by atoms with van der Waals surface area (Å²) in [6.07, 6.45) is 27.4. The highest BCUT2D eigenvalue weighted by molar-refractivity contribution is 4.67. The molecule has 0 aliphatic carbocycles. The minimum atomic E-state index is 0.862. The molecule has 0 bridgehead atoms. The van der Waals surface area contributed by atoms with Gasteiger partial charge in [0.05, 0.1) is 0 Å². The van der Waals surface area contributed by atoms with Gasteiger partial charge in [0.25, 0.3) is 0 Å². The Balaban J connectivity index is -0.00000291. The standard InChI is InChI=1S/C33H69N.2C2H6/c1-8-27-34(28-32(6)25-21-17-13-9-11-15-19-23-30(2)3)29-33(7)26-22-18-14-10-12-16-20-24-31(4)5;2*1-2/h30-33H,8-29H2,1-7H3;2*1-2H3. The summed E-state index contributed by atoms with van der Waals surface area (Å²) in [4.78, 5) is 2.79. The van der Waals surface area contributed by atoms with E-state index in [1.165, 1.54) is 142 Å². The molecule has 0 fully saturated rings. The fourth-order valence-corrected chi connectivity index (χ4v) is 5.50. The quantitative estimate of drug-likeness (QED) is 0.0988. The van der Waals surface area contributed by atoms with Crippen molar-refractivity contribution in [2.75, 3.05) is 19.6 Å². The van der Waals surface area contributed by atoms with Gasteiger partial charge in [-0.05, 0) is 49.5 Å². The monoisotopic (exact) mass is 540 g/mol. The van der Waals surface area contributed by atoms with Gasteiger partial charge in [0.15, 0.2) is 0 Å². The van der Waals surface area contributed by atoms with E-state index < -0.39 is 0 Å². The molecule has 0 spiro atoms.